The van der Waals surface area contributed by atoms with Crippen molar-refractivity contribution in [2.75, 3.05) is 0 Å². The van der Waals surface area contributed by atoms with Crippen molar-refractivity contribution in [2.45, 2.75) is 45.1 Å². The number of rotatable bonds is 6. The Morgan fingerprint density at radius 3 is 2.78 bits per heavy atom. The Kier molecular flexibility index (Phi) is 4.00. The molecular weight excluding hydrogens is 302 g/mol. The highest BCUT2D eigenvalue weighted by molar-refractivity contribution is 7.09. The summed E-state index contributed by atoms with van der Waals surface area (Å²) in [4.78, 5) is 9.24. The van der Waals surface area contributed by atoms with Gasteiger partial charge in [0, 0.05) is 35.8 Å². The average Bonchev–Trinajstić information content (AvgIpc) is 3.13. The Labute approximate surface area is 141 Å². The minimum atomic E-state index is 0.691. The van der Waals surface area contributed by atoms with Crippen LogP contribution in [0, 0.1) is 0 Å². The molecule has 1 aliphatic rings. The van der Waals surface area contributed by atoms with Gasteiger partial charge in [-0.2, -0.15) is 0 Å². The summed E-state index contributed by atoms with van der Waals surface area (Å²) in [7, 11) is 0. The predicted molar refractivity (Wildman–Crippen MR) is 94.8 cm³/mol. The fourth-order valence-electron chi connectivity index (χ4n) is 2.91. The maximum atomic E-state index is 4.72. The van der Waals surface area contributed by atoms with Crippen LogP contribution in [-0.2, 0) is 13.0 Å². The van der Waals surface area contributed by atoms with Gasteiger partial charge >= 0.3 is 0 Å². The van der Waals surface area contributed by atoms with E-state index in [2.05, 4.69) is 52.3 Å². The molecule has 0 spiro atoms. The van der Waals surface area contributed by atoms with E-state index in [1.54, 1.807) is 11.3 Å². The molecular formula is C19H21N3S. The molecule has 0 N–H and O–H groups in total. The molecule has 4 rings (SSSR count). The molecule has 0 aliphatic heterocycles. The van der Waals surface area contributed by atoms with E-state index in [0.717, 1.165) is 25.1 Å². The van der Waals surface area contributed by atoms with E-state index >= 15 is 0 Å². The van der Waals surface area contributed by atoms with Crippen LogP contribution >= 0.6 is 11.3 Å². The summed E-state index contributed by atoms with van der Waals surface area (Å²) in [6.07, 6.45) is 8.83. The molecule has 23 heavy (non-hydrogen) atoms. The number of aromatic nitrogens is 3. The number of nitrogens with zero attached hydrogens (tertiary/aromatic N) is 3. The van der Waals surface area contributed by atoms with Gasteiger partial charge in [0.15, 0.2) is 0 Å². The highest BCUT2D eigenvalue weighted by Crippen LogP contribution is 2.39. The van der Waals surface area contributed by atoms with Crippen LogP contribution < -0.4 is 0 Å². The summed E-state index contributed by atoms with van der Waals surface area (Å²) in [6, 6.07) is 8.80. The SMILES string of the molecule is CCCc1nc(-c2ccc(Cn3ccnc3C3CC3)cc2)cs1. The molecule has 4 heteroatoms. The standard InChI is InChI=1S/C19H21N3S/c1-2-3-18-21-17(13-23-18)15-6-4-14(5-7-15)12-22-11-10-20-19(22)16-8-9-16/h4-7,10-11,13,16H,2-3,8-9,12H2,1H3. The minimum absolute atomic E-state index is 0.691. The molecule has 118 valence electrons. The van der Waals surface area contributed by atoms with Gasteiger partial charge in [-0.25, -0.2) is 9.97 Å². The number of imidazole rings is 1. The second kappa shape index (κ2) is 6.28. The summed E-state index contributed by atoms with van der Waals surface area (Å²) >= 11 is 1.77. The largest absolute Gasteiger partial charge is 0.330 e. The van der Waals surface area contributed by atoms with E-state index in [0.29, 0.717) is 5.92 Å². The van der Waals surface area contributed by atoms with Crippen LogP contribution in [0.1, 0.15) is 48.5 Å². The summed E-state index contributed by atoms with van der Waals surface area (Å²) in [5.74, 6) is 1.94. The maximum Gasteiger partial charge on any atom is 0.112 e. The van der Waals surface area contributed by atoms with Crippen molar-refractivity contribution in [1.29, 1.82) is 0 Å². The van der Waals surface area contributed by atoms with Crippen LogP contribution in [0.4, 0.5) is 0 Å². The lowest BCUT2D eigenvalue weighted by Gasteiger charge is -2.08. The van der Waals surface area contributed by atoms with Crippen molar-refractivity contribution in [3.8, 4) is 11.3 Å². The molecule has 3 aromatic rings. The third-order valence-corrected chi connectivity index (χ3v) is 5.22. The lowest BCUT2D eigenvalue weighted by atomic mass is 10.1. The van der Waals surface area contributed by atoms with Gasteiger partial charge in [0.25, 0.3) is 0 Å². The van der Waals surface area contributed by atoms with Crippen LogP contribution in [0.5, 0.6) is 0 Å². The van der Waals surface area contributed by atoms with Crippen molar-refractivity contribution >= 4 is 11.3 Å². The molecule has 1 fully saturated rings. The zero-order valence-electron chi connectivity index (χ0n) is 13.4. The topological polar surface area (TPSA) is 30.7 Å². The van der Waals surface area contributed by atoms with Crippen LogP contribution in [0.2, 0.25) is 0 Å². The second-order valence-corrected chi connectivity index (χ2v) is 7.20. The molecule has 0 bridgehead atoms. The van der Waals surface area contributed by atoms with Gasteiger partial charge in [-0.15, -0.1) is 11.3 Å². The first-order valence-electron chi connectivity index (χ1n) is 8.38. The maximum absolute atomic E-state index is 4.72. The molecule has 1 aromatic carbocycles. The summed E-state index contributed by atoms with van der Waals surface area (Å²) in [6.45, 7) is 3.10. The van der Waals surface area contributed by atoms with Gasteiger partial charge in [-0.3, -0.25) is 0 Å². The van der Waals surface area contributed by atoms with Crippen LogP contribution in [0.15, 0.2) is 42.0 Å². The lowest BCUT2D eigenvalue weighted by molar-refractivity contribution is 0.726. The number of benzene rings is 1. The van der Waals surface area contributed by atoms with E-state index in [-0.39, 0.29) is 0 Å². The quantitative estimate of drug-likeness (QED) is 0.647. The average molecular weight is 323 g/mol. The molecule has 0 atom stereocenters. The first-order chi connectivity index (χ1) is 11.3. The normalized spacial score (nSPS) is 14.3. The van der Waals surface area contributed by atoms with Crippen molar-refractivity contribution < 1.29 is 0 Å². The van der Waals surface area contributed by atoms with Gasteiger partial charge < -0.3 is 4.57 Å². The van der Waals surface area contributed by atoms with Gasteiger partial charge in [0.05, 0.1) is 10.7 Å². The van der Waals surface area contributed by atoms with E-state index in [1.807, 2.05) is 6.20 Å². The van der Waals surface area contributed by atoms with Crippen LogP contribution in [0.25, 0.3) is 11.3 Å². The molecule has 0 unspecified atom stereocenters. The Hall–Kier alpha value is -1.94. The van der Waals surface area contributed by atoms with Gasteiger partial charge in [0.2, 0.25) is 0 Å². The molecule has 1 saturated carbocycles. The third kappa shape index (κ3) is 3.22. The van der Waals surface area contributed by atoms with Crippen molar-refractivity contribution in [2.24, 2.45) is 0 Å². The Bertz CT molecular complexity index is 781. The Morgan fingerprint density at radius 1 is 1.22 bits per heavy atom. The van der Waals surface area contributed by atoms with Gasteiger partial charge in [-0.05, 0) is 31.2 Å². The number of hydrogen-bond donors (Lipinski definition) is 0. The Balaban J connectivity index is 1.49. The molecule has 3 nitrogen and oxygen atoms in total. The second-order valence-electron chi connectivity index (χ2n) is 6.26. The summed E-state index contributed by atoms with van der Waals surface area (Å²) in [5, 5.41) is 3.40. The first-order valence-corrected chi connectivity index (χ1v) is 9.26. The summed E-state index contributed by atoms with van der Waals surface area (Å²) in [5.41, 5.74) is 3.63. The monoisotopic (exact) mass is 323 g/mol. The fraction of sp³-hybridized carbons (Fsp3) is 0.368. The molecule has 2 aromatic heterocycles. The number of aryl methyl sites for hydroxylation is 1. The fourth-order valence-corrected chi connectivity index (χ4v) is 3.82. The van der Waals surface area contributed by atoms with E-state index in [9.17, 15) is 0 Å². The zero-order valence-corrected chi connectivity index (χ0v) is 14.2. The minimum Gasteiger partial charge on any atom is -0.330 e. The summed E-state index contributed by atoms with van der Waals surface area (Å²) < 4.78 is 2.29. The third-order valence-electron chi connectivity index (χ3n) is 4.31. The smallest absolute Gasteiger partial charge is 0.112 e. The van der Waals surface area contributed by atoms with E-state index < -0.39 is 0 Å². The van der Waals surface area contributed by atoms with Gasteiger partial charge in [-0.1, -0.05) is 31.2 Å². The van der Waals surface area contributed by atoms with Crippen LogP contribution in [-0.4, -0.2) is 14.5 Å². The van der Waals surface area contributed by atoms with Crippen molar-refractivity contribution in [3.05, 3.63) is 58.4 Å². The molecule has 0 amide bonds. The Morgan fingerprint density at radius 2 is 2.04 bits per heavy atom. The number of thiazole rings is 1. The van der Waals surface area contributed by atoms with Crippen molar-refractivity contribution in [1.82, 2.24) is 14.5 Å². The van der Waals surface area contributed by atoms with Crippen molar-refractivity contribution in [3.63, 3.8) is 0 Å². The van der Waals surface area contributed by atoms with E-state index in [1.165, 1.54) is 34.8 Å². The molecule has 0 radical (unpaired) electrons. The van der Waals surface area contributed by atoms with Gasteiger partial charge in [0.1, 0.15) is 5.82 Å². The van der Waals surface area contributed by atoms with Crippen LogP contribution in [0.3, 0.4) is 0 Å². The zero-order chi connectivity index (χ0) is 15.6. The first kappa shape index (κ1) is 14.6. The molecule has 1 aliphatic carbocycles. The van der Waals surface area contributed by atoms with E-state index in [4.69, 9.17) is 4.98 Å². The molecule has 2 heterocycles. The highest BCUT2D eigenvalue weighted by atomic mass is 32.1. The molecule has 0 saturated heterocycles. The lowest BCUT2D eigenvalue weighted by Crippen LogP contribution is -2.03. The predicted octanol–water partition coefficient (Wildman–Crippen LogP) is 4.88. The highest BCUT2D eigenvalue weighted by Gasteiger charge is 2.27. The number of hydrogen-bond acceptors (Lipinski definition) is 3.